The van der Waals surface area contributed by atoms with Gasteiger partial charge in [0, 0.05) is 27.2 Å². The number of amides is 1. The Morgan fingerprint density at radius 1 is 1.02 bits per heavy atom. The maximum atomic E-state index is 13.6. The van der Waals surface area contributed by atoms with E-state index in [9.17, 15) is 22.3 Å². The van der Waals surface area contributed by atoms with E-state index in [1.54, 1.807) is 60.7 Å². The summed E-state index contributed by atoms with van der Waals surface area (Å²) in [6.07, 6.45) is 0.536. The molecule has 0 aliphatic carbocycles. The lowest BCUT2D eigenvalue weighted by atomic mass is 10.1. The standard InChI is InChI=1S/C28H22BrClN4O5S2/c29-19-8-10-23(22(16-19)27-31-24-6-1-2-7-26(24)40(36,37)33-27)32-28(35)18-4-3-5-21(15-18)41(38,39)34-13-12-17-14-20(30)9-11-25(17)34/h1-11,14-16,36-37H,12-13H2,(H,31,33)(H,32,35). The smallest absolute Gasteiger partial charge is 0.264 e. The number of amidine groups is 1. The molecule has 0 saturated heterocycles. The second-order valence-corrected chi connectivity index (χ2v) is 14.3. The molecular weight excluding hydrogens is 652 g/mol. The third-order valence-corrected chi connectivity index (χ3v) is 10.7. The van der Waals surface area contributed by atoms with E-state index in [1.165, 1.54) is 28.6 Å². The number of aliphatic imine (C=N–C) groups is 1. The normalized spacial score (nSPS) is 16.2. The molecule has 0 fully saturated rings. The van der Waals surface area contributed by atoms with Crippen molar-refractivity contribution >= 4 is 77.1 Å². The summed E-state index contributed by atoms with van der Waals surface area (Å²) in [6.45, 7) is 0.272. The van der Waals surface area contributed by atoms with Crippen molar-refractivity contribution in [3.8, 4) is 0 Å². The molecule has 2 heterocycles. The van der Waals surface area contributed by atoms with Crippen LogP contribution < -0.4 is 14.3 Å². The minimum Gasteiger partial charge on any atom is -0.321 e. The number of halogens is 2. The predicted molar refractivity (Wildman–Crippen MR) is 165 cm³/mol. The quantitative estimate of drug-likeness (QED) is 0.184. The molecule has 13 heteroatoms. The van der Waals surface area contributed by atoms with Crippen molar-refractivity contribution in [2.75, 3.05) is 16.2 Å². The van der Waals surface area contributed by atoms with Crippen LogP contribution in [0.2, 0.25) is 5.02 Å². The van der Waals surface area contributed by atoms with E-state index in [0.29, 0.717) is 38.5 Å². The number of nitrogens with zero attached hydrogens (tertiary/aromatic N) is 2. The molecule has 0 radical (unpaired) electrons. The summed E-state index contributed by atoms with van der Waals surface area (Å²) in [5.74, 6) is -0.396. The van der Waals surface area contributed by atoms with E-state index in [4.69, 9.17) is 11.6 Å². The zero-order valence-corrected chi connectivity index (χ0v) is 25.1. The third kappa shape index (κ3) is 5.23. The number of rotatable bonds is 5. The molecule has 41 heavy (non-hydrogen) atoms. The molecule has 0 unspecified atom stereocenters. The first-order valence-corrected chi connectivity index (χ1v) is 16.4. The molecule has 0 spiro atoms. The maximum absolute atomic E-state index is 13.6. The summed E-state index contributed by atoms with van der Waals surface area (Å²) in [7, 11) is -7.33. The molecule has 4 aromatic rings. The van der Waals surface area contributed by atoms with Crippen molar-refractivity contribution in [3.05, 3.63) is 111 Å². The molecular formula is C28H22BrClN4O5S2. The van der Waals surface area contributed by atoms with Gasteiger partial charge >= 0.3 is 0 Å². The van der Waals surface area contributed by atoms with Crippen LogP contribution in [0.5, 0.6) is 0 Å². The van der Waals surface area contributed by atoms with Crippen LogP contribution in [0, 0.1) is 0 Å². The van der Waals surface area contributed by atoms with E-state index in [0.717, 1.165) is 5.56 Å². The molecule has 0 saturated carbocycles. The average molecular weight is 674 g/mol. The van der Waals surface area contributed by atoms with Crippen LogP contribution in [0.1, 0.15) is 21.5 Å². The number of benzene rings is 4. The Kier molecular flexibility index (Phi) is 7.09. The summed E-state index contributed by atoms with van der Waals surface area (Å²) in [4.78, 5) is 18.2. The van der Waals surface area contributed by atoms with Crippen LogP contribution in [-0.4, -0.2) is 35.8 Å². The van der Waals surface area contributed by atoms with Crippen LogP contribution in [0.3, 0.4) is 0 Å². The first kappa shape index (κ1) is 27.8. The van der Waals surface area contributed by atoms with Gasteiger partial charge in [-0.2, -0.15) is 0 Å². The summed E-state index contributed by atoms with van der Waals surface area (Å²) < 4.78 is 53.3. The second-order valence-electron chi connectivity index (χ2n) is 9.35. The van der Waals surface area contributed by atoms with Crippen LogP contribution in [0.15, 0.2) is 104 Å². The highest BCUT2D eigenvalue weighted by Crippen LogP contribution is 2.51. The number of nitrogens with one attached hydrogen (secondary N) is 2. The predicted octanol–water partition coefficient (Wildman–Crippen LogP) is 6.81. The van der Waals surface area contributed by atoms with Gasteiger partial charge in [0.2, 0.25) is 0 Å². The van der Waals surface area contributed by atoms with Gasteiger partial charge in [-0.05, 0) is 78.7 Å². The Morgan fingerprint density at radius 2 is 1.83 bits per heavy atom. The van der Waals surface area contributed by atoms with Gasteiger partial charge < -0.3 is 5.32 Å². The number of carbonyl (C=O) groups excluding carboxylic acids is 1. The molecule has 0 atom stereocenters. The molecule has 4 N–H and O–H groups in total. The first-order valence-electron chi connectivity index (χ1n) is 12.3. The first-order chi connectivity index (χ1) is 19.5. The Morgan fingerprint density at radius 3 is 2.66 bits per heavy atom. The van der Waals surface area contributed by atoms with Crippen LogP contribution in [0.25, 0.3) is 0 Å². The third-order valence-electron chi connectivity index (χ3n) is 6.71. The van der Waals surface area contributed by atoms with E-state index >= 15 is 0 Å². The second kappa shape index (κ2) is 10.5. The van der Waals surface area contributed by atoms with Gasteiger partial charge in [-0.3, -0.25) is 22.9 Å². The molecule has 2 aliphatic heterocycles. The lowest BCUT2D eigenvalue weighted by Crippen LogP contribution is -2.32. The lowest BCUT2D eigenvalue weighted by molar-refractivity contribution is 0.102. The largest absolute Gasteiger partial charge is 0.321 e. The van der Waals surface area contributed by atoms with E-state index < -0.39 is 26.7 Å². The van der Waals surface area contributed by atoms with Gasteiger partial charge in [-0.15, -0.1) is 0 Å². The van der Waals surface area contributed by atoms with Gasteiger partial charge in [0.15, 0.2) is 5.84 Å². The SMILES string of the molecule is O=C(Nc1ccc(Br)cc1C1=Nc2ccccc2S(O)(O)N1)c1cccc(S(=O)(=O)N2CCc3cc(Cl)ccc32)c1. The Labute approximate surface area is 251 Å². The zero-order valence-electron chi connectivity index (χ0n) is 21.1. The number of fused-ring (bicyclic) bond motifs is 2. The highest BCUT2D eigenvalue weighted by Gasteiger charge is 2.32. The van der Waals surface area contributed by atoms with E-state index in [2.05, 4.69) is 31.0 Å². The molecule has 0 bridgehead atoms. The van der Waals surface area contributed by atoms with Gasteiger partial charge in [0.05, 0.1) is 22.0 Å². The molecule has 4 aromatic carbocycles. The van der Waals surface area contributed by atoms with Crippen molar-refractivity contribution < 1.29 is 22.3 Å². The van der Waals surface area contributed by atoms with Gasteiger partial charge in [-0.1, -0.05) is 56.5 Å². The Bertz CT molecular complexity index is 1870. The van der Waals surface area contributed by atoms with Crippen LogP contribution in [0.4, 0.5) is 17.1 Å². The Hall–Kier alpha value is -3.39. The summed E-state index contributed by atoms with van der Waals surface area (Å²) in [6, 6.07) is 22.6. The van der Waals surface area contributed by atoms with E-state index in [1.807, 2.05) is 0 Å². The molecule has 210 valence electrons. The maximum Gasteiger partial charge on any atom is 0.264 e. The summed E-state index contributed by atoms with van der Waals surface area (Å²) >= 11 is 9.50. The van der Waals surface area contributed by atoms with Crippen molar-refractivity contribution in [1.82, 2.24) is 4.72 Å². The van der Waals surface area contributed by atoms with Gasteiger partial charge in [0.1, 0.15) is 4.90 Å². The average Bonchev–Trinajstić information content (AvgIpc) is 3.37. The Balaban J connectivity index is 1.31. The van der Waals surface area contributed by atoms with Gasteiger partial charge in [-0.25, -0.2) is 13.4 Å². The number of para-hydroxylation sites is 1. The van der Waals surface area contributed by atoms with Crippen molar-refractivity contribution in [1.29, 1.82) is 0 Å². The van der Waals surface area contributed by atoms with Crippen molar-refractivity contribution in [2.45, 2.75) is 16.2 Å². The fraction of sp³-hybridized carbons (Fsp3) is 0.0714. The monoisotopic (exact) mass is 672 g/mol. The van der Waals surface area contributed by atoms with Crippen LogP contribution >= 0.6 is 38.3 Å². The topological polar surface area (TPSA) is 131 Å². The molecule has 2 aliphatic rings. The van der Waals surface area contributed by atoms with E-state index in [-0.39, 0.29) is 27.7 Å². The fourth-order valence-electron chi connectivity index (χ4n) is 4.77. The summed E-state index contributed by atoms with van der Waals surface area (Å²) in [5, 5.41) is 3.35. The number of hydrogen-bond donors (Lipinski definition) is 4. The van der Waals surface area contributed by atoms with Crippen molar-refractivity contribution in [2.24, 2.45) is 4.99 Å². The molecule has 6 rings (SSSR count). The van der Waals surface area contributed by atoms with Gasteiger partial charge in [0.25, 0.3) is 15.9 Å². The molecule has 0 aromatic heterocycles. The number of anilines is 2. The number of hydrogen-bond acceptors (Lipinski definition) is 7. The zero-order chi connectivity index (χ0) is 28.9. The number of sulfonamides is 1. The minimum atomic E-state index is -3.94. The highest BCUT2D eigenvalue weighted by atomic mass is 79.9. The fourth-order valence-corrected chi connectivity index (χ4v) is 8.08. The lowest BCUT2D eigenvalue weighted by Gasteiger charge is -2.38. The van der Waals surface area contributed by atoms with Crippen LogP contribution in [-0.2, 0) is 16.4 Å². The minimum absolute atomic E-state index is 0.0205. The highest BCUT2D eigenvalue weighted by molar-refractivity contribution is 9.10. The van der Waals surface area contributed by atoms with Crippen molar-refractivity contribution in [3.63, 3.8) is 0 Å². The molecule has 1 amide bonds. The summed E-state index contributed by atoms with van der Waals surface area (Å²) in [5.41, 5.74) is 2.66. The number of carbonyl (C=O) groups is 1. The molecule has 9 nitrogen and oxygen atoms in total.